The maximum Gasteiger partial charge on any atom is 0.311 e. The quantitative estimate of drug-likeness (QED) is 0.231. The van der Waals surface area contributed by atoms with Crippen LogP contribution in [0.5, 0.6) is 5.75 Å². The van der Waals surface area contributed by atoms with Gasteiger partial charge in [-0.3, -0.25) is 9.59 Å². The van der Waals surface area contributed by atoms with Crippen LogP contribution in [0.15, 0.2) is 0 Å². The van der Waals surface area contributed by atoms with E-state index in [0.29, 0.717) is 25.9 Å². The molecule has 0 aliphatic carbocycles. The monoisotopic (exact) mass is 367 g/mol. The van der Waals surface area contributed by atoms with Crippen molar-refractivity contribution in [2.75, 3.05) is 13.1 Å². The molecule has 4 nitrogen and oxygen atoms in total. The second-order valence-corrected chi connectivity index (χ2v) is 5.25. The number of halogens is 5. The molecular formula is C16H18F5NO3. The fourth-order valence-electron chi connectivity index (χ4n) is 2.11. The van der Waals surface area contributed by atoms with Gasteiger partial charge in [-0.15, -0.1) is 0 Å². The van der Waals surface area contributed by atoms with E-state index in [-0.39, 0.29) is 12.3 Å². The lowest BCUT2D eigenvalue weighted by Gasteiger charge is -2.21. The van der Waals surface area contributed by atoms with Crippen molar-refractivity contribution in [2.24, 2.45) is 0 Å². The van der Waals surface area contributed by atoms with Crippen LogP contribution in [0.25, 0.3) is 0 Å². The van der Waals surface area contributed by atoms with E-state index >= 15 is 0 Å². The van der Waals surface area contributed by atoms with Gasteiger partial charge in [0.05, 0.1) is 6.42 Å². The van der Waals surface area contributed by atoms with Gasteiger partial charge < -0.3 is 9.64 Å². The molecule has 0 bridgehead atoms. The Kier molecular flexibility index (Phi) is 7.79. The van der Waals surface area contributed by atoms with Gasteiger partial charge in [0.25, 0.3) is 0 Å². The maximum absolute atomic E-state index is 13.4. The first-order valence-corrected chi connectivity index (χ1v) is 7.74. The first-order chi connectivity index (χ1) is 11.7. The third-order valence-corrected chi connectivity index (χ3v) is 3.27. The predicted octanol–water partition coefficient (Wildman–Crippen LogP) is 3.72. The van der Waals surface area contributed by atoms with Crippen LogP contribution in [0, 0.1) is 29.1 Å². The molecule has 1 rings (SSSR count). The van der Waals surface area contributed by atoms with E-state index in [9.17, 15) is 31.5 Å². The van der Waals surface area contributed by atoms with E-state index in [1.54, 1.807) is 0 Å². The molecule has 0 aromatic heterocycles. The molecule has 0 radical (unpaired) electrons. The Morgan fingerprint density at radius 3 is 1.68 bits per heavy atom. The summed E-state index contributed by atoms with van der Waals surface area (Å²) in [5.41, 5.74) is 0. The molecule has 1 aromatic carbocycles. The number of nitrogens with zero attached hydrogens (tertiary/aromatic N) is 1. The topological polar surface area (TPSA) is 46.6 Å². The second kappa shape index (κ2) is 9.33. The van der Waals surface area contributed by atoms with Crippen LogP contribution in [0.2, 0.25) is 0 Å². The third-order valence-electron chi connectivity index (χ3n) is 3.27. The smallest absolute Gasteiger partial charge is 0.311 e. The third kappa shape index (κ3) is 5.14. The molecule has 0 spiro atoms. The SMILES string of the molecule is CCCN(CCC)C(=O)CCC(=O)Oc1c(F)c(F)c(F)c(F)c1F. The number of hydrogen-bond donors (Lipinski definition) is 0. The fraction of sp³-hybridized carbons (Fsp3) is 0.500. The summed E-state index contributed by atoms with van der Waals surface area (Å²) in [5, 5.41) is 0. The standard InChI is InChI=1S/C16H18F5NO3/c1-3-7-22(8-4-2)9(23)5-6-10(24)25-16-14(20)12(18)11(17)13(19)15(16)21/h3-8H2,1-2H3. The highest BCUT2D eigenvalue weighted by Gasteiger charge is 2.28. The fourth-order valence-corrected chi connectivity index (χ4v) is 2.11. The van der Waals surface area contributed by atoms with Gasteiger partial charge >= 0.3 is 5.97 Å². The summed E-state index contributed by atoms with van der Waals surface area (Å²) in [6.07, 6.45) is 0.567. The summed E-state index contributed by atoms with van der Waals surface area (Å²) in [4.78, 5) is 25.1. The zero-order valence-electron chi connectivity index (χ0n) is 13.8. The van der Waals surface area contributed by atoms with E-state index in [0.717, 1.165) is 0 Å². The van der Waals surface area contributed by atoms with Crippen molar-refractivity contribution in [3.05, 3.63) is 29.1 Å². The van der Waals surface area contributed by atoms with Crippen molar-refractivity contribution < 1.29 is 36.3 Å². The Labute approximate surface area is 141 Å². The molecule has 1 aromatic rings. The highest BCUT2D eigenvalue weighted by molar-refractivity contribution is 5.82. The minimum Gasteiger partial charge on any atom is -0.420 e. The van der Waals surface area contributed by atoms with E-state index in [1.165, 1.54) is 4.90 Å². The first-order valence-electron chi connectivity index (χ1n) is 7.74. The summed E-state index contributed by atoms with van der Waals surface area (Å²) in [6.45, 7) is 4.71. The molecule has 9 heteroatoms. The minimum atomic E-state index is -2.35. The van der Waals surface area contributed by atoms with Crippen molar-refractivity contribution in [1.82, 2.24) is 4.90 Å². The van der Waals surface area contributed by atoms with Gasteiger partial charge in [-0.1, -0.05) is 13.8 Å². The lowest BCUT2D eigenvalue weighted by molar-refractivity contribution is -0.139. The Morgan fingerprint density at radius 2 is 1.24 bits per heavy atom. The number of benzene rings is 1. The van der Waals surface area contributed by atoms with E-state index in [2.05, 4.69) is 4.74 Å². The molecule has 0 N–H and O–H groups in total. The number of amides is 1. The number of hydrogen-bond acceptors (Lipinski definition) is 3. The van der Waals surface area contributed by atoms with Gasteiger partial charge in [-0.25, -0.2) is 13.2 Å². The van der Waals surface area contributed by atoms with Crippen LogP contribution in [0.3, 0.4) is 0 Å². The van der Waals surface area contributed by atoms with Gasteiger partial charge in [0, 0.05) is 19.5 Å². The van der Waals surface area contributed by atoms with Gasteiger partial charge in [0.1, 0.15) is 0 Å². The molecule has 0 fully saturated rings. The van der Waals surface area contributed by atoms with E-state index in [1.807, 2.05) is 13.8 Å². The van der Waals surface area contributed by atoms with Crippen LogP contribution in [0.1, 0.15) is 39.5 Å². The molecule has 0 atom stereocenters. The number of carbonyl (C=O) groups excluding carboxylic acids is 2. The molecule has 0 saturated carbocycles. The summed E-state index contributed by atoms with van der Waals surface area (Å²) >= 11 is 0. The van der Waals surface area contributed by atoms with Gasteiger partial charge in [0.15, 0.2) is 0 Å². The van der Waals surface area contributed by atoms with Crippen molar-refractivity contribution in [1.29, 1.82) is 0 Å². The molecule has 25 heavy (non-hydrogen) atoms. The van der Waals surface area contributed by atoms with Crippen LogP contribution in [0.4, 0.5) is 22.0 Å². The number of carbonyl (C=O) groups is 2. The van der Waals surface area contributed by atoms with Crippen molar-refractivity contribution in [3.8, 4) is 5.75 Å². The molecule has 0 unspecified atom stereocenters. The number of rotatable bonds is 8. The first kappa shape index (κ1) is 20.9. The van der Waals surface area contributed by atoms with Gasteiger partial charge in [-0.2, -0.15) is 8.78 Å². The number of esters is 1. The van der Waals surface area contributed by atoms with Crippen LogP contribution in [-0.2, 0) is 9.59 Å². The molecule has 0 aliphatic rings. The largest absolute Gasteiger partial charge is 0.420 e. The van der Waals surface area contributed by atoms with Crippen LogP contribution in [-0.4, -0.2) is 29.9 Å². The second-order valence-electron chi connectivity index (χ2n) is 5.25. The Hall–Kier alpha value is -2.19. The highest BCUT2D eigenvalue weighted by Crippen LogP contribution is 2.29. The molecule has 0 heterocycles. The normalized spacial score (nSPS) is 10.7. The summed E-state index contributed by atoms with van der Waals surface area (Å²) in [6, 6.07) is 0. The lowest BCUT2D eigenvalue weighted by atomic mass is 10.2. The van der Waals surface area contributed by atoms with Gasteiger partial charge in [0.2, 0.25) is 40.7 Å². The number of ether oxygens (including phenoxy) is 1. The van der Waals surface area contributed by atoms with E-state index < -0.39 is 47.2 Å². The maximum atomic E-state index is 13.4. The summed E-state index contributed by atoms with van der Waals surface area (Å²) in [7, 11) is 0. The van der Waals surface area contributed by atoms with Crippen LogP contribution < -0.4 is 4.74 Å². The van der Waals surface area contributed by atoms with Crippen molar-refractivity contribution in [3.63, 3.8) is 0 Å². The summed E-state index contributed by atoms with van der Waals surface area (Å²) in [5.74, 6) is -14.6. The highest BCUT2D eigenvalue weighted by atomic mass is 19.2. The zero-order chi connectivity index (χ0) is 19.1. The predicted molar refractivity (Wildman–Crippen MR) is 78.3 cm³/mol. The van der Waals surface area contributed by atoms with E-state index in [4.69, 9.17) is 0 Å². The Morgan fingerprint density at radius 1 is 0.800 bits per heavy atom. The average molecular weight is 367 g/mol. The van der Waals surface area contributed by atoms with Crippen molar-refractivity contribution >= 4 is 11.9 Å². The molecule has 140 valence electrons. The molecule has 1 amide bonds. The Bertz CT molecular complexity index is 616. The lowest BCUT2D eigenvalue weighted by Crippen LogP contribution is -2.32. The van der Waals surface area contributed by atoms with Crippen molar-refractivity contribution in [2.45, 2.75) is 39.5 Å². The minimum absolute atomic E-state index is 0.297. The average Bonchev–Trinajstić information content (AvgIpc) is 2.59. The molecular weight excluding hydrogens is 349 g/mol. The molecule has 0 aliphatic heterocycles. The Balaban J connectivity index is 2.77. The molecule has 0 saturated heterocycles. The summed E-state index contributed by atoms with van der Waals surface area (Å²) < 4.78 is 70.0. The van der Waals surface area contributed by atoms with Crippen LogP contribution >= 0.6 is 0 Å². The van der Waals surface area contributed by atoms with Gasteiger partial charge in [-0.05, 0) is 12.8 Å². The zero-order valence-corrected chi connectivity index (χ0v) is 13.8.